The zero-order chi connectivity index (χ0) is 29.2. The predicted octanol–water partition coefficient (Wildman–Crippen LogP) is 6.24. The molecule has 0 saturated carbocycles. The summed E-state index contributed by atoms with van der Waals surface area (Å²) in [4.78, 5) is 35.0. The first-order chi connectivity index (χ1) is 20.4. The number of hydrogen-bond donors (Lipinski definition) is 2. The molecule has 4 aromatic carbocycles. The summed E-state index contributed by atoms with van der Waals surface area (Å²) < 4.78 is 0. The summed E-state index contributed by atoms with van der Waals surface area (Å²) in [7, 11) is 1.77. The van der Waals surface area contributed by atoms with Crippen LogP contribution in [0.1, 0.15) is 16.7 Å². The third-order valence-electron chi connectivity index (χ3n) is 8.11. The van der Waals surface area contributed by atoms with Crippen LogP contribution in [0.15, 0.2) is 91.1 Å². The highest BCUT2D eigenvalue weighted by Crippen LogP contribution is 2.25. The number of hydrogen-bond acceptors (Lipinski definition) is 3. The third-order valence-corrected chi connectivity index (χ3v) is 8.85. The average Bonchev–Trinajstić information content (AvgIpc) is 3.41. The molecule has 2 atom stereocenters. The van der Waals surface area contributed by atoms with E-state index in [1.165, 1.54) is 0 Å². The minimum absolute atomic E-state index is 0.0615. The van der Waals surface area contributed by atoms with Crippen molar-refractivity contribution < 1.29 is 9.59 Å². The average molecular weight is 600 g/mol. The van der Waals surface area contributed by atoms with Crippen LogP contribution >= 0.6 is 23.2 Å². The number of aromatic nitrogens is 1. The fraction of sp³-hybridized carbons (Fsp3) is 0.235. The van der Waals surface area contributed by atoms with Crippen LogP contribution in [-0.2, 0) is 29.0 Å². The molecule has 1 aliphatic rings. The lowest BCUT2D eigenvalue weighted by atomic mass is 9.97. The molecule has 5 aromatic rings. The Morgan fingerprint density at radius 2 is 1.71 bits per heavy atom. The van der Waals surface area contributed by atoms with Gasteiger partial charge in [-0.3, -0.25) is 9.59 Å². The standard InChI is InChI=1S/C34H32Cl2N4O2/c1-39(21-23-11-13-28(35)29(36)17-23)34(42)32(18-22-10-12-24-6-2-3-7-25(24)16-22)40-15-14-37-31(33(40)41)19-26-20-38-30-9-5-4-8-27(26)30/h2-13,16-17,20,31-32,37-38H,14-15,18-19,21H2,1H3/t31?,32-/m0/s1. The second-order valence-electron chi connectivity index (χ2n) is 10.9. The molecule has 8 heteroatoms. The van der Waals surface area contributed by atoms with E-state index < -0.39 is 12.1 Å². The van der Waals surface area contributed by atoms with Crippen molar-refractivity contribution in [3.05, 3.63) is 118 Å². The molecular formula is C34H32Cl2N4O2. The van der Waals surface area contributed by atoms with Crippen molar-refractivity contribution in [1.82, 2.24) is 20.1 Å². The van der Waals surface area contributed by atoms with Gasteiger partial charge in [0, 0.05) is 50.2 Å². The van der Waals surface area contributed by atoms with E-state index in [0.717, 1.165) is 38.4 Å². The van der Waals surface area contributed by atoms with Crippen LogP contribution in [0.5, 0.6) is 0 Å². The maximum absolute atomic E-state index is 14.2. The zero-order valence-corrected chi connectivity index (χ0v) is 24.8. The summed E-state index contributed by atoms with van der Waals surface area (Å²) in [5, 5.41) is 7.67. The minimum atomic E-state index is -0.654. The number of rotatable bonds is 8. The largest absolute Gasteiger partial charge is 0.361 e. The highest BCUT2D eigenvalue weighted by atomic mass is 35.5. The monoisotopic (exact) mass is 598 g/mol. The number of halogens is 2. The normalized spacial score (nSPS) is 16.2. The van der Waals surface area contributed by atoms with Gasteiger partial charge in [0.15, 0.2) is 0 Å². The summed E-state index contributed by atoms with van der Waals surface area (Å²) in [5.74, 6) is -0.177. The quantitative estimate of drug-likeness (QED) is 0.222. The maximum Gasteiger partial charge on any atom is 0.245 e. The first-order valence-corrected chi connectivity index (χ1v) is 14.9. The van der Waals surface area contributed by atoms with Crippen LogP contribution in [0.3, 0.4) is 0 Å². The van der Waals surface area contributed by atoms with Crippen molar-refractivity contribution in [3.63, 3.8) is 0 Å². The van der Waals surface area contributed by atoms with Gasteiger partial charge >= 0.3 is 0 Å². The van der Waals surface area contributed by atoms with Crippen LogP contribution in [0.25, 0.3) is 21.7 Å². The van der Waals surface area contributed by atoms with Crippen LogP contribution in [0, 0.1) is 0 Å². The highest BCUT2D eigenvalue weighted by Gasteiger charge is 2.38. The number of nitrogens with one attached hydrogen (secondary N) is 2. The van der Waals surface area contributed by atoms with E-state index in [-0.39, 0.29) is 11.8 Å². The van der Waals surface area contributed by atoms with Gasteiger partial charge < -0.3 is 20.1 Å². The van der Waals surface area contributed by atoms with Crippen molar-refractivity contribution in [2.45, 2.75) is 31.5 Å². The first kappa shape index (κ1) is 28.3. The summed E-state index contributed by atoms with van der Waals surface area (Å²) in [6.45, 7) is 1.41. The van der Waals surface area contributed by atoms with Crippen LogP contribution in [-0.4, -0.2) is 58.8 Å². The van der Waals surface area contributed by atoms with E-state index in [1.807, 2.05) is 42.6 Å². The molecule has 2 heterocycles. The Bertz CT molecular complexity index is 1770. The summed E-state index contributed by atoms with van der Waals surface area (Å²) >= 11 is 12.4. The Morgan fingerprint density at radius 1 is 0.952 bits per heavy atom. The molecule has 2 amide bonds. The number of H-pyrrole nitrogens is 1. The number of aromatic amines is 1. The van der Waals surface area contributed by atoms with Gasteiger partial charge in [-0.2, -0.15) is 0 Å². The van der Waals surface area contributed by atoms with Crippen molar-refractivity contribution in [3.8, 4) is 0 Å². The molecule has 6 nitrogen and oxygen atoms in total. The molecule has 1 aliphatic heterocycles. The molecule has 0 aliphatic carbocycles. The Kier molecular flexibility index (Phi) is 8.20. The van der Waals surface area contributed by atoms with Gasteiger partial charge in [0.2, 0.25) is 11.8 Å². The molecule has 1 aromatic heterocycles. The lowest BCUT2D eigenvalue weighted by Gasteiger charge is -2.39. The minimum Gasteiger partial charge on any atom is -0.361 e. The smallest absolute Gasteiger partial charge is 0.245 e. The van der Waals surface area contributed by atoms with Gasteiger partial charge in [-0.1, -0.05) is 89.9 Å². The molecular weight excluding hydrogens is 567 g/mol. The van der Waals surface area contributed by atoms with Crippen LogP contribution < -0.4 is 5.32 Å². The number of carbonyl (C=O) groups is 2. The van der Waals surface area contributed by atoms with E-state index in [1.54, 1.807) is 29.0 Å². The Labute approximate surface area is 255 Å². The van der Waals surface area contributed by atoms with Crippen molar-refractivity contribution in [2.24, 2.45) is 0 Å². The fourth-order valence-corrected chi connectivity index (χ4v) is 6.23. The van der Waals surface area contributed by atoms with Gasteiger partial charge in [0.05, 0.1) is 16.1 Å². The molecule has 42 heavy (non-hydrogen) atoms. The molecule has 0 spiro atoms. The topological polar surface area (TPSA) is 68.4 Å². The molecule has 214 valence electrons. The molecule has 1 saturated heterocycles. The van der Waals surface area contributed by atoms with E-state index in [2.05, 4.69) is 46.7 Å². The Hall–Kier alpha value is -3.84. The third kappa shape index (κ3) is 5.88. The summed E-state index contributed by atoms with van der Waals surface area (Å²) in [6.07, 6.45) is 2.93. The van der Waals surface area contributed by atoms with Gasteiger partial charge in [-0.15, -0.1) is 0 Å². The lowest BCUT2D eigenvalue weighted by Crippen LogP contribution is -2.62. The highest BCUT2D eigenvalue weighted by molar-refractivity contribution is 6.42. The number of benzene rings is 4. The number of piperazine rings is 1. The predicted molar refractivity (Wildman–Crippen MR) is 170 cm³/mol. The number of amides is 2. The fourth-order valence-electron chi connectivity index (χ4n) is 5.91. The second-order valence-corrected chi connectivity index (χ2v) is 11.8. The number of nitrogens with zero attached hydrogens (tertiary/aromatic N) is 2. The second kappa shape index (κ2) is 12.2. The molecule has 0 bridgehead atoms. The maximum atomic E-state index is 14.2. The SMILES string of the molecule is CN(Cc1ccc(Cl)c(Cl)c1)C(=O)[C@H](Cc1ccc2ccccc2c1)N1CCNC(Cc2c[nH]c3ccccc23)C1=O. The van der Waals surface area contributed by atoms with Gasteiger partial charge in [0.1, 0.15) is 6.04 Å². The number of carbonyl (C=O) groups excluding carboxylic acids is 2. The molecule has 1 fully saturated rings. The van der Waals surface area contributed by atoms with E-state index in [4.69, 9.17) is 23.2 Å². The summed E-state index contributed by atoms with van der Waals surface area (Å²) in [5.41, 5.74) is 4.00. The van der Waals surface area contributed by atoms with E-state index in [9.17, 15) is 9.59 Å². The molecule has 6 rings (SSSR count). The van der Waals surface area contributed by atoms with Crippen molar-refractivity contribution in [1.29, 1.82) is 0 Å². The number of para-hydroxylation sites is 1. The number of fused-ring (bicyclic) bond motifs is 2. The van der Waals surface area contributed by atoms with Crippen LogP contribution in [0.2, 0.25) is 10.0 Å². The molecule has 1 unspecified atom stereocenters. The Morgan fingerprint density at radius 3 is 2.55 bits per heavy atom. The van der Waals surface area contributed by atoms with Gasteiger partial charge in [-0.05, 0) is 52.1 Å². The Balaban J connectivity index is 1.28. The van der Waals surface area contributed by atoms with Crippen molar-refractivity contribution in [2.75, 3.05) is 20.1 Å². The van der Waals surface area contributed by atoms with Gasteiger partial charge in [-0.25, -0.2) is 0 Å². The van der Waals surface area contributed by atoms with Gasteiger partial charge in [0.25, 0.3) is 0 Å². The molecule has 0 radical (unpaired) electrons. The summed E-state index contributed by atoms with van der Waals surface area (Å²) in [6, 6.07) is 26.8. The van der Waals surface area contributed by atoms with Crippen molar-refractivity contribution >= 4 is 56.7 Å². The van der Waals surface area contributed by atoms with E-state index >= 15 is 0 Å². The number of likely N-dealkylation sites (N-methyl/N-ethyl adjacent to an activating group) is 1. The van der Waals surface area contributed by atoms with E-state index in [0.29, 0.717) is 42.5 Å². The molecule has 2 N–H and O–H groups in total. The zero-order valence-electron chi connectivity index (χ0n) is 23.3. The first-order valence-electron chi connectivity index (χ1n) is 14.1. The van der Waals surface area contributed by atoms with Crippen LogP contribution in [0.4, 0.5) is 0 Å². The lowest BCUT2D eigenvalue weighted by molar-refractivity contribution is -0.148.